The van der Waals surface area contributed by atoms with Crippen LogP contribution in [0.15, 0.2) is 24.3 Å². The highest BCUT2D eigenvalue weighted by Gasteiger charge is 2.36. The Kier molecular flexibility index (Phi) is 2.76. The van der Waals surface area contributed by atoms with Crippen LogP contribution in [-0.4, -0.2) is 8.07 Å². The molecule has 1 aromatic rings. The lowest BCUT2D eigenvalue weighted by molar-refractivity contribution is -0.136. The van der Waals surface area contributed by atoms with E-state index in [2.05, 4.69) is 0 Å². The Morgan fingerprint density at radius 1 is 1.00 bits per heavy atom. The summed E-state index contributed by atoms with van der Waals surface area (Å²) in [6, 6.07) is 5.86. The lowest BCUT2D eigenvalue weighted by Crippen LogP contribution is -2.42. The highest BCUT2D eigenvalue weighted by Crippen LogP contribution is 2.29. The zero-order chi connectivity index (χ0) is 11.0. The van der Waals surface area contributed by atoms with Gasteiger partial charge >= 0.3 is 6.18 Å². The number of halogens is 3. The summed E-state index contributed by atoms with van der Waals surface area (Å²) in [6.07, 6.45) is -4.23. The van der Waals surface area contributed by atoms with Gasteiger partial charge in [-0.25, -0.2) is 0 Å². The van der Waals surface area contributed by atoms with Crippen molar-refractivity contribution in [3.05, 3.63) is 29.8 Å². The first-order valence-electron chi connectivity index (χ1n) is 4.39. The van der Waals surface area contributed by atoms with Crippen LogP contribution in [0.5, 0.6) is 0 Å². The van der Waals surface area contributed by atoms with E-state index >= 15 is 0 Å². The Labute approximate surface area is 82.8 Å². The molecule has 1 aromatic carbocycles. The van der Waals surface area contributed by atoms with E-state index in [1.54, 1.807) is 12.1 Å². The van der Waals surface area contributed by atoms with E-state index in [0.29, 0.717) is 5.19 Å². The molecule has 0 heterocycles. The molecule has 0 fully saturated rings. The standard InChI is InChI=1S/C10H13F3Si/c1-14(2,3)9-7-5-4-6-8(9)10(11,12)13/h4-7H,1-3H3. The second kappa shape index (κ2) is 3.42. The van der Waals surface area contributed by atoms with Gasteiger partial charge in [0, 0.05) is 0 Å². The summed E-state index contributed by atoms with van der Waals surface area (Å²) in [5.41, 5.74) is -0.473. The molecular weight excluding hydrogens is 205 g/mol. The smallest absolute Gasteiger partial charge is 0.166 e. The van der Waals surface area contributed by atoms with Gasteiger partial charge in [0.25, 0.3) is 0 Å². The first-order valence-corrected chi connectivity index (χ1v) is 7.89. The van der Waals surface area contributed by atoms with Gasteiger partial charge in [-0.3, -0.25) is 0 Å². The molecule has 0 N–H and O–H groups in total. The number of alkyl halides is 3. The minimum Gasteiger partial charge on any atom is -0.166 e. The molecule has 4 heteroatoms. The van der Waals surface area contributed by atoms with E-state index in [4.69, 9.17) is 0 Å². The van der Waals surface area contributed by atoms with Crippen LogP contribution in [0, 0.1) is 0 Å². The van der Waals surface area contributed by atoms with Gasteiger partial charge in [0.2, 0.25) is 0 Å². The minimum absolute atomic E-state index is 0.473. The summed E-state index contributed by atoms with van der Waals surface area (Å²) >= 11 is 0. The number of rotatable bonds is 1. The number of hydrogen-bond donors (Lipinski definition) is 0. The fourth-order valence-corrected chi connectivity index (χ4v) is 3.01. The van der Waals surface area contributed by atoms with Crippen LogP contribution in [0.1, 0.15) is 5.56 Å². The van der Waals surface area contributed by atoms with Crippen molar-refractivity contribution in [3.63, 3.8) is 0 Å². The Balaban J connectivity index is 3.31. The van der Waals surface area contributed by atoms with E-state index in [1.165, 1.54) is 6.07 Å². The highest BCUT2D eigenvalue weighted by atomic mass is 28.3. The van der Waals surface area contributed by atoms with E-state index < -0.39 is 19.8 Å². The van der Waals surface area contributed by atoms with E-state index in [0.717, 1.165) is 6.07 Å². The summed E-state index contributed by atoms with van der Waals surface area (Å²) < 4.78 is 37.8. The van der Waals surface area contributed by atoms with E-state index in [-0.39, 0.29) is 0 Å². The van der Waals surface area contributed by atoms with Crippen molar-refractivity contribution in [2.75, 3.05) is 0 Å². The molecule has 0 atom stereocenters. The second-order valence-electron chi connectivity index (χ2n) is 4.29. The predicted molar refractivity (Wildman–Crippen MR) is 54.4 cm³/mol. The monoisotopic (exact) mass is 218 g/mol. The van der Waals surface area contributed by atoms with Gasteiger partial charge in [-0.15, -0.1) is 0 Å². The van der Waals surface area contributed by atoms with Crippen molar-refractivity contribution in [1.29, 1.82) is 0 Å². The van der Waals surface area contributed by atoms with Crippen molar-refractivity contribution >= 4 is 13.3 Å². The Bertz CT molecular complexity index is 290. The third-order valence-electron chi connectivity index (χ3n) is 2.04. The van der Waals surface area contributed by atoms with Gasteiger partial charge in [-0.1, -0.05) is 43.9 Å². The van der Waals surface area contributed by atoms with Crippen LogP contribution in [0.3, 0.4) is 0 Å². The molecule has 0 saturated heterocycles. The van der Waals surface area contributed by atoms with Crippen LogP contribution >= 0.6 is 0 Å². The van der Waals surface area contributed by atoms with E-state index in [1.807, 2.05) is 19.6 Å². The molecule has 0 nitrogen and oxygen atoms in total. The Hall–Kier alpha value is -0.773. The maximum absolute atomic E-state index is 12.6. The molecule has 0 aliphatic carbocycles. The van der Waals surface area contributed by atoms with Crippen molar-refractivity contribution in [1.82, 2.24) is 0 Å². The summed E-state index contributed by atoms with van der Waals surface area (Å²) in [4.78, 5) is 0. The molecule has 1 rings (SSSR count). The van der Waals surface area contributed by atoms with Crippen LogP contribution in [0.25, 0.3) is 0 Å². The molecule has 0 bridgehead atoms. The summed E-state index contributed by atoms with van der Waals surface area (Å²) in [5, 5.41) is 0.479. The normalized spacial score (nSPS) is 13.0. The topological polar surface area (TPSA) is 0 Å². The van der Waals surface area contributed by atoms with Crippen LogP contribution in [0.2, 0.25) is 19.6 Å². The van der Waals surface area contributed by atoms with Gasteiger partial charge < -0.3 is 0 Å². The summed E-state index contributed by atoms with van der Waals surface area (Å²) in [5.74, 6) is 0. The molecule has 0 unspecified atom stereocenters. The first-order chi connectivity index (χ1) is 6.23. The third-order valence-corrected chi connectivity index (χ3v) is 4.09. The Morgan fingerprint density at radius 3 is 1.86 bits per heavy atom. The SMILES string of the molecule is C[Si](C)(C)c1ccccc1C(F)(F)F. The lowest BCUT2D eigenvalue weighted by Gasteiger charge is -2.22. The zero-order valence-electron chi connectivity index (χ0n) is 8.44. The maximum Gasteiger partial charge on any atom is 0.416 e. The summed E-state index contributed by atoms with van der Waals surface area (Å²) in [6.45, 7) is 5.74. The molecule has 78 valence electrons. The van der Waals surface area contributed by atoms with Gasteiger partial charge in [0.15, 0.2) is 0 Å². The molecule has 0 amide bonds. The Morgan fingerprint density at radius 2 is 1.50 bits per heavy atom. The van der Waals surface area contributed by atoms with Crippen molar-refractivity contribution in [2.45, 2.75) is 25.8 Å². The van der Waals surface area contributed by atoms with Crippen LogP contribution < -0.4 is 5.19 Å². The molecule has 0 aliphatic rings. The van der Waals surface area contributed by atoms with Crippen molar-refractivity contribution in [3.8, 4) is 0 Å². The van der Waals surface area contributed by atoms with Crippen LogP contribution in [0.4, 0.5) is 13.2 Å². The largest absolute Gasteiger partial charge is 0.416 e. The summed E-state index contributed by atoms with van der Waals surface area (Å²) in [7, 11) is -1.91. The fraction of sp³-hybridized carbons (Fsp3) is 0.400. The number of hydrogen-bond acceptors (Lipinski definition) is 0. The van der Waals surface area contributed by atoms with Gasteiger partial charge in [0.1, 0.15) is 0 Å². The molecule has 14 heavy (non-hydrogen) atoms. The van der Waals surface area contributed by atoms with Crippen molar-refractivity contribution < 1.29 is 13.2 Å². The van der Waals surface area contributed by atoms with Gasteiger partial charge in [-0.2, -0.15) is 13.2 Å². The lowest BCUT2D eigenvalue weighted by atomic mass is 10.2. The quantitative estimate of drug-likeness (QED) is 0.635. The highest BCUT2D eigenvalue weighted by molar-refractivity contribution is 6.89. The maximum atomic E-state index is 12.6. The minimum atomic E-state index is -4.23. The molecule has 0 aromatic heterocycles. The van der Waals surface area contributed by atoms with E-state index in [9.17, 15) is 13.2 Å². The molecule has 0 radical (unpaired) electrons. The number of benzene rings is 1. The molecular formula is C10H13F3Si. The third kappa shape index (κ3) is 2.38. The average Bonchev–Trinajstić information content (AvgIpc) is 2.01. The first kappa shape index (κ1) is 11.3. The van der Waals surface area contributed by atoms with Gasteiger partial charge in [-0.05, 0) is 5.19 Å². The second-order valence-corrected chi connectivity index (χ2v) is 9.33. The van der Waals surface area contributed by atoms with Gasteiger partial charge in [0.05, 0.1) is 13.6 Å². The molecule has 0 saturated carbocycles. The average molecular weight is 218 g/mol. The predicted octanol–water partition coefficient (Wildman–Crippen LogP) is 3.25. The van der Waals surface area contributed by atoms with Crippen LogP contribution in [-0.2, 0) is 6.18 Å². The molecule has 0 aliphatic heterocycles. The molecule has 0 spiro atoms. The fourth-order valence-electron chi connectivity index (χ4n) is 1.38. The van der Waals surface area contributed by atoms with Crippen molar-refractivity contribution in [2.24, 2.45) is 0 Å². The zero-order valence-corrected chi connectivity index (χ0v) is 9.44.